The molecule has 0 aromatic carbocycles. The van der Waals surface area contributed by atoms with Crippen LogP contribution in [0.15, 0.2) is 16.8 Å². The van der Waals surface area contributed by atoms with Gasteiger partial charge < -0.3 is 11.5 Å². The first-order valence-electron chi connectivity index (χ1n) is 4.57. The van der Waals surface area contributed by atoms with E-state index < -0.39 is 0 Å². The van der Waals surface area contributed by atoms with Crippen molar-refractivity contribution in [2.75, 3.05) is 0 Å². The average molecular weight is 193 g/mol. The molecule has 1 aliphatic carbocycles. The predicted octanol–water partition coefficient (Wildman–Crippen LogP) is 0.757. The first-order valence-corrected chi connectivity index (χ1v) is 4.57. The topological polar surface area (TPSA) is 112 Å². The Labute approximate surface area is 82.9 Å². The number of aliphatic imine (C=N–C) groups is 1. The first-order chi connectivity index (χ1) is 6.65. The molecule has 76 valence electrons. The fourth-order valence-electron chi connectivity index (χ4n) is 1.42. The van der Waals surface area contributed by atoms with E-state index in [2.05, 4.69) is 4.99 Å². The lowest BCUT2D eigenvalue weighted by Gasteiger charge is -2.15. The van der Waals surface area contributed by atoms with E-state index in [-0.39, 0.29) is 11.7 Å². The lowest BCUT2D eigenvalue weighted by molar-refractivity contribution is 0.732. The van der Waals surface area contributed by atoms with Gasteiger partial charge in [0.15, 0.2) is 11.7 Å². The van der Waals surface area contributed by atoms with E-state index in [1.165, 1.54) is 6.20 Å². The van der Waals surface area contributed by atoms with E-state index in [1.807, 2.05) is 0 Å². The maximum absolute atomic E-state index is 7.34. The molecule has 0 radical (unpaired) electrons. The number of hydrogen-bond acceptors (Lipinski definition) is 3. The quantitative estimate of drug-likeness (QED) is 0.336. The van der Waals surface area contributed by atoms with Crippen molar-refractivity contribution in [3.05, 3.63) is 11.8 Å². The molecule has 0 saturated heterocycles. The second-order valence-electron chi connectivity index (χ2n) is 3.22. The molecule has 5 nitrogen and oxygen atoms in total. The van der Waals surface area contributed by atoms with Gasteiger partial charge in [-0.3, -0.25) is 10.8 Å². The third-order valence-corrected chi connectivity index (χ3v) is 2.18. The van der Waals surface area contributed by atoms with Gasteiger partial charge in [-0.15, -0.1) is 0 Å². The standard InChI is InChI=1S/C9H15N5/c10-5-6-3-1-2-4-7(6)14-9(13)8(11)12/h5,13H,1-4,10H2,(H3,11,12). The van der Waals surface area contributed by atoms with Crippen LogP contribution >= 0.6 is 0 Å². The summed E-state index contributed by atoms with van der Waals surface area (Å²) in [4.78, 5) is 3.99. The van der Waals surface area contributed by atoms with Crippen LogP contribution < -0.4 is 11.5 Å². The number of nitrogens with one attached hydrogen (secondary N) is 2. The van der Waals surface area contributed by atoms with Crippen LogP contribution in [0.1, 0.15) is 25.7 Å². The Balaban J connectivity index is 2.83. The molecule has 0 aromatic heterocycles. The van der Waals surface area contributed by atoms with E-state index in [0.29, 0.717) is 0 Å². The van der Waals surface area contributed by atoms with Crippen molar-refractivity contribution in [1.29, 1.82) is 10.8 Å². The highest BCUT2D eigenvalue weighted by atomic mass is 14.9. The number of nitrogens with zero attached hydrogens (tertiary/aromatic N) is 1. The van der Waals surface area contributed by atoms with Crippen molar-refractivity contribution < 1.29 is 0 Å². The van der Waals surface area contributed by atoms with Gasteiger partial charge in [-0.05, 0) is 37.5 Å². The van der Waals surface area contributed by atoms with Gasteiger partial charge in [0.05, 0.1) is 0 Å². The summed E-state index contributed by atoms with van der Waals surface area (Å²) in [7, 11) is 0. The summed E-state index contributed by atoms with van der Waals surface area (Å²) in [6, 6.07) is 0. The number of nitrogens with two attached hydrogens (primary N) is 2. The molecule has 0 unspecified atom stereocenters. The Bertz CT molecular complexity index is 313. The van der Waals surface area contributed by atoms with E-state index in [1.54, 1.807) is 0 Å². The lowest BCUT2D eigenvalue weighted by Crippen LogP contribution is -2.22. The normalized spacial score (nSPS) is 22.6. The maximum Gasteiger partial charge on any atom is 0.187 e. The molecule has 14 heavy (non-hydrogen) atoms. The van der Waals surface area contributed by atoms with Crippen molar-refractivity contribution in [2.45, 2.75) is 25.7 Å². The highest BCUT2D eigenvalue weighted by Gasteiger charge is 2.13. The van der Waals surface area contributed by atoms with Crippen molar-refractivity contribution in [3.63, 3.8) is 0 Å². The molecule has 0 spiro atoms. The highest BCUT2D eigenvalue weighted by Crippen LogP contribution is 2.20. The Morgan fingerprint density at radius 2 is 1.93 bits per heavy atom. The second-order valence-corrected chi connectivity index (χ2v) is 3.22. The smallest absolute Gasteiger partial charge is 0.187 e. The van der Waals surface area contributed by atoms with Gasteiger partial charge >= 0.3 is 0 Å². The van der Waals surface area contributed by atoms with Gasteiger partial charge in [0.1, 0.15) is 0 Å². The lowest BCUT2D eigenvalue weighted by atomic mass is 9.93. The minimum absolute atomic E-state index is 0.179. The van der Waals surface area contributed by atoms with Gasteiger partial charge in [-0.2, -0.15) is 0 Å². The van der Waals surface area contributed by atoms with Gasteiger partial charge in [0, 0.05) is 5.71 Å². The zero-order valence-electron chi connectivity index (χ0n) is 8.01. The largest absolute Gasteiger partial charge is 0.404 e. The molecule has 0 amide bonds. The van der Waals surface area contributed by atoms with Crippen molar-refractivity contribution >= 4 is 17.4 Å². The molecule has 0 atom stereocenters. The van der Waals surface area contributed by atoms with Crippen molar-refractivity contribution in [1.82, 2.24) is 0 Å². The number of hydrogen-bond donors (Lipinski definition) is 4. The van der Waals surface area contributed by atoms with Gasteiger partial charge in [-0.1, -0.05) is 0 Å². The summed E-state index contributed by atoms with van der Waals surface area (Å²) in [6.07, 6.45) is 5.42. The van der Waals surface area contributed by atoms with E-state index in [0.717, 1.165) is 37.0 Å². The van der Waals surface area contributed by atoms with E-state index >= 15 is 0 Å². The Morgan fingerprint density at radius 3 is 2.50 bits per heavy atom. The molecule has 0 aromatic rings. The molecule has 1 fully saturated rings. The van der Waals surface area contributed by atoms with Gasteiger partial charge in [0.25, 0.3) is 0 Å². The van der Waals surface area contributed by atoms with Crippen LogP contribution in [0.5, 0.6) is 0 Å². The predicted molar refractivity (Wildman–Crippen MR) is 57.8 cm³/mol. The minimum atomic E-state index is -0.306. The Morgan fingerprint density at radius 1 is 1.29 bits per heavy atom. The maximum atomic E-state index is 7.34. The van der Waals surface area contributed by atoms with Crippen LogP contribution in [-0.2, 0) is 0 Å². The summed E-state index contributed by atoms with van der Waals surface area (Å²) < 4.78 is 0. The summed E-state index contributed by atoms with van der Waals surface area (Å²) in [6.45, 7) is 0. The average Bonchev–Trinajstić information content (AvgIpc) is 2.18. The third kappa shape index (κ3) is 2.42. The van der Waals surface area contributed by atoms with Crippen molar-refractivity contribution in [3.8, 4) is 0 Å². The molecular weight excluding hydrogens is 178 g/mol. The molecule has 1 aliphatic rings. The van der Waals surface area contributed by atoms with Crippen LogP contribution in [0.3, 0.4) is 0 Å². The van der Waals surface area contributed by atoms with Crippen LogP contribution in [0.25, 0.3) is 0 Å². The molecule has 0 heterocycles. The van der Waals surface area contributed by atoms with E-state index in [4.69, 9.17) is 22.3 Å². The summed E-state index contributed by atoms with van der Waals surface area (Å²) in [5.41, 5.74) is 12.4. The Hall–Kier alpha value is -1.65. The van der Waals surface area contributed by atoms with Gasteiger partial charge in [0.2, 0.25) is 0 Å². The van der Waals surface area contributed by atoms with Crippen LogP contribution in [0, 0.1) is 10.8 Å². The molecule has 5 heteroatoms. The summed E-state index contributed by atoms with van der Waals surface area (Å²) in [5, 5.41) is 14.4. The second kappa shape index (κ2) is 4.55. The molecular formula is C9H15N5. The molecule has 1 saturated carbocycles. The fraction of sp³-hybridized carbons (Fsp3) is 0.444. The molecule has 0 aliphatic heterocycles. The minimum Gasteiger partial charge on any atom is -0.404 e. The SMILES string of the molecule is N=C(N)C(=N)N=C1CCCCC1=CN. The third-order valence-electron chi connectivity index (χ3n) is 2.18. The van der Waals surface area contributed by atoms with Crippen LogP contribution in [0.2, 0.25) is 0 Å². The summed E-state index contributed by atoms with van der Waals surface area (Å²) in [5.74, 6) is -0.485. The monoisotopic (exact) mass is 193 g/mol. The van der Waals surface area contributed by atoms with E-state index in [9.17, 15) is 0 Å². The fourth-order valence-corrected chi connectivity index (χ4v) is 1.42. The van der Waals surface area contributed by atoms with Crippen LogP contribution in [-0.4, -0.2) is 17.4 Å². The van der Waals surface area contributed by atoms with Gasteiger partial charge in [-0.25, -0.2) is 4.99 Å². The molecule has 0 bridgehead atoms. The zero-order chi connectivity index (χ0) is 10.6. The highest BCUT2D eigenvalue weighted by molar-refractivity contribution is 6.39. The van der Waals surface area contributed by atoms with Crippen LogP contribution in [0.4, 0.5) is 0 Å². The molecule has 1 rings (SSSR count). The Kier molecular flexibility index (Phi) is 3.39. The number of rotatable bonds is 0. The summed E-state index contributed by atoms with van der Waals surface area (Å²) >= 11 is 0. The van der Waals surface area contributed by atoms with Crippen molar-refractivity contribution in [2.24, 2.45) is 16.5 Å². The number of allylic oxidation sites excluding steroid dienone is 1. The zero-order valence-corrected chi connectivity index (χ0v) is 8.01. The molecule has 6 N–H and O–H groups in total. The first kappa shape index (κ1) is 10.4. The number of amidine groups is 2.